The molecule has 0 bridgehead atoms. The number of aromatic hydroxyl groups is 1. The fourth-order valence-corrected chi connectivity index (χ4v) is 2.02. The van der Waals surface area contributed by atoms with Crippen molar-refractivity contribution in [3.63, 3.8) is 0 Å². The minimum absolute atomic E-state index is 0.254. The molecule has 1 N–H and O–H groups in total. The Morgan fingerprint density at radius 3 is 2.47 bits per heavy atom. The van der Waals surface area contributed by atoms with E-state index in [2.05, 4.69) is 38.8 Å². The number of nitrogens with zero attached hydrogens (tertiary/aromatic N) is 1. The lowest BCUT2D eigenvalue weighted by Gasteiger charge is -2.28. The van der Waals surface area contributed by atoms with E-state index in [0.29, 0.717) is 11.7 Å². The van der Waals surface area contributed by atoms with Gasteiger partial charge in [0.05, 0.1) is 0 Å². The topological polar surface area (TPSA) is 23.5 Å². The van der Waals surface area contributed by atoms with Gasteiger partial charge in [-0.15, -0.1) is 0 Å². The normalized spacial score (nSPS) is 14.9. The van der Waals surface area contributed by atoms with Crippen molar-refractivity contribution in [2.75, 3.05) is 13.6 Å². The van der Waals surface area contributed by atoms with Crippen molar-refractivity contribution in [1.82, 2.24) is 4.90 Å². The zero-order valence-corrected chi connectivity index (χ0v) is 11.7. The predicted molar refractivity (Wildman–Crippen MR) is 73.3 cm³/mol. The number of hydrogen-bond donors (Lipinski definition) is 1. The SMILES string of the molecule is CCC(C)CN(C)C(C)c1ccc(C)cc1O. The second-order valence-corrected chi connectivity index (χ2v) is 5.19. The Balaban J connectivity index is 2.77. The van der Waals surface area contributed by atoms with Crippen LogP contribution in [0.5, 0.6) is 5.75 Å². The largest absolute Gasteiger partial charge is 0.508 e. The van der Waals surface area contributed by atoms with E-state index in [1.165, 1.54) is 6.42 Å². The Morgan fingerprint density at radius 1 is 1.29 bits per heavy atom. The summed E-state index contributed by atoms with van der Waals surface area (Å²) in [6.45, 7) is 9.68. The quantitative estimate of drug-likeness (QED) is 0.840. The van der Waals surface area contributed by atoms with Gasteiger partial charge in [-0.1, -0.05) is 32.4 Å². The molecule has 0 spiro atoms. The van der Waals surface area contributed by atoms with Crippen molar-refractivity contribution in [2.45, 2.75) is 40.2 Å². The second kappa shape index (κ2) is 6.06. The maximum atomic E-state index is 9.98. The van der Waals surface area contributed by atoms with Gasteiger partial charge < -0.3 is 5.11 Å². The molecular weight excluding hydrogens is 210 g/mol. The maximum Gasteiger partial charge on any atom is 0.120 e. The van der Waals surface area contributed by atoms with E-state index in [1.54, 1.807) is 0 Å². The Hall–Kier alpha value is -1.02. The molecule has 2 atom stereocenters. The van der Waals surface area contributed by atoms with Gasteiger partial charge in [0, 0.05) is 18.2 Å². The number of rotatable bonds is 5. The van der Waals surface area contributed by atoms with Gasteiger partial charge in [-0.3, -0.25) is 4.90 Å². The van der Waals surface area contributed by atoms with Gasteiger partial charge in [0.15, 0.2) is 0 Å². The standard InChI is InChI=1S/C15H25NO/c1-6-11(2)10-16(5)13(4)14-8-7-12(3)9-15(14)17/h7-9,11,13,17H,6,10H2,1-5H3. The number of aryl methyl sites for hydroxylation is 1. The lowest BCUT2D eigenvalue weighted by Crippen LogP contribution is -2.27. The molecule has 0 aromatic heterocycles. The maximum absolute atomic E-state index is 9.98. The summed E-state index contributed by atoms with van der Waals surface area (Å²) in [5.41, 5.74) is 2.12. The third-order valence-electron chi connectivity index (χ3n) is 3.59. The van der Waals surface area contributed by atoms with Gasteiger partial charge in [-0.05, 0) is 38.4 Å². The first-order valence-corrected chi connectivity index (χ1v) is 6.45. The van der Waals surface area contributed by atoms with E-state index in [4.69, 9.17) is 0 Å². The zero-order chi connectivity index (χ0) is 13.0. The highest BCUT2D eigenvalue weighted by Crippen LogP contribution is 2.28. The van der Waals surface area contributed by atoms with Crippen molar-refractivity contribution in [3.05, 3.63) is 29.3 Å². The molecule has 0 aliphatic rings. The minimum Gasteiger partial charge on any atom is -0.508 e. The first-order chi connectivity index (χ1) is 7.95. The first-order valence-electron chi connectivity index (χ1n) is 6.45. The van der Waals surface area contributed by atoms with Crippen LogP contribution in [0.1, 0.15) is 44.4 Å². The van der Waals surface area contributed by atoms with Gasteiger partial charge in [0.1, 0.15) is 5.75 Å². The molecule has 0 fully saturated rings. The molecule has 0 aliphatic heterocycles. The van der Waals surface area contributed by atoms with Crippen LogP contribution in [0.4, 0.5) is 0 Å². The molecule has 17 heavy (non-hydrogen) atoms. The van der Waals surface area contributed by atoms with Crippen molar-refractivity contribution >= 4 is 0 Å². The highest BCUT2D eigenvalue weighted by molar-refractivity contribution is 5.37. The van der Waals surface area contributed by atoms with Gasteiger partial charge in [0.2, 0.25) is 0 Å². The summed E-state index contributed by atoms with van der Waals surface area (Å²) in [6.07, 6.45) is 1.19. The van der Waals surface area contributed by atoms with E-state index in [1.807, 2.05) is 19.1 Å². The monoisotopic (exact) mass is 235 g/mol. The van der Waals surface area contributed by atoms with E-state index in [9.17, 15) is 5.11 Å². The smallest absolute Gasteiger partial charge is 0.120 e. The van der Waals surface area contributed by atoms with Gasteiger partial charge >= 0.3 is 0 Å². The predicted octanol–water partition coefficient (Wildman–Crippen LogP) is 3.74. The highest BCUT2D eigenvalue weighted by Gasteiger charge is 2.16. The summed E-state index contributed by atoms with van der Waals surface area (Å²) < 4.78 is 0. The van der Waals surface area contributed by atoms with Crippen LogP contribution in [-0.4, -0.2) is 23.6 Å². The molecule has 2 unspecified atom stereocenters. The summed E-state index contributed by atoms with van der Waals surface area (Å²) in [5.74, 6) is 1.10. The summed E-state index contributed by atoms with van der Waals surface area (Å²) in [5, 5.41) is 9.98. The van der Waals surface area contributed by atoms with E-state index in [0.717, 1.165) is 17.7 Å². The summed E-state index contributed by atoms with van der Waals surface area (Å²) >= 11 is 0. The first kappa shape index (κ1) is 14.0. The van der Waals surface area contributed by atoms with Crippen LogP contribution >= 0.6 is 0 Å². The van der Waals surface area contributed by atoms with Crippen LogP contribution in [0.3, 0.4) is 0 Å². The third-order valence-corrected chi connectivity index (χ3v) is 3.59. The van der Waals surface area contributed by atoms with Crippen LogP contribution in [0, 0.1) is 12.8 Å². The minimum atomic E-state index is 0.254. The average Bonchev–Trinajstić information content (AvgIpc) is 2.28. The van der Waals surface area contributed by atoms with Gasteiger partial charge in [-0.2, -0.15) is 0 Å². The molecule has 0 heterocycles. The molecule has 2 heteroatoms. The molecule has 1 aromatic carbocycles. The molecule has 1 aromatic rings. The second-order valence-electron chi connectivity index (χ2n) is 5.19. The van der Waals surface area contributed by atoms with Crippen LogP contribution in [-0.2, 0) is 0 Å². The van der Waals surface area contributed by atoms with Crippen LogP contribution < -0.4 is 0 Å². The molecule has 0 aliphatic carbocycles. The number of phenols is 1. The fourth-order valence-electron chi connectivity index (χ4n) is 2.02. The molecule has 1 rings (SSSR count). The Bertz CT molecular complexity index is 362. The van der Waals surface area contributed by atoms with Crippen LogP contribution in [0.25, 0.3) is 0 Å². The lowest BCUT2D eigenvalue weighted by molar-refractivity contribution is 0.220. The summed E-state index contributed by atoms with van der Waals surface area (Å²) in [4.78, 5) is 2.30. The molecule has 0 amide bonds. The molecule has 0 saturated heterocycles. The third kappa shape index (κ3) is 3.74. The van der Waals surface area contributed by atoms with Gasteiger partial charge in [-0.25, -0.2) is 0 Å². The number of hydrogen-bond acceptors (Lipinski definition) is 2. The average molecular weight is 235 g/mol. The highest BCUT2D eigenvalue weighted by atomic mass is 16.3. The van der Waals surface area contributed by atoms with E-state index >= 15 is 0 Å². The Kier molecular flexibility index (Phi) is 5.01. The van der Waals surface area contributed by atoms with E-state index in [-0.39, 0.29) is 6.04 Å². The van der Waals surface area contributed by atoms with E-state index < -0.39 is 0 Å². The van der Waals surface area contributed by atoms with Crippen molar-refractivity contribution in [1.29, 1.82) is 0 Å². The lowest BCUT2D eigenvalue weighted by atomic mass is 10.0. The van der Waals surface area contributed by atoms with Crippen LogP contribution in [0.15, 0.2) is 18.2 Å². The van der Waals surface area contributed by atoms with Crippen LogP contribution in [0.2, 0.25) is 0 Å². The zero-order valence-electron chi connectivity index (χ0n) is 11.7. The van der Waals surface area contributed by atoms with Gasteiger partial charge in [0.25, 0.3) is 0 Å². The Morgan fingerprint density at radius 2 is 1.94 bits per heavy atom. The van der Waals surface area contributed by atoms with Crippen molar-refractivity contribution in [2.24, 2.45) is 5.92 Å². The molecule has 2 nitrogen and oxygen atoms in total. The van der Waals surface area contributed by atoms with Crippen molar-refractivity contribution < 1.29 is 5.11 Å². The molecule has 0 radical (unpaired) electrons. The number of benzene rings is 1. The number of phenolic OH excluding ortho intramolecular Hbond substituents is 1. The molecule has 0 saturated carbocycles. The fraction of sp³-hybridized carbons (Fsp3) is 0.600. The summed E-state index contributed by atoms with van der Waals surface area (Å²) in [7, 11) is 2.12. The Labute approximate surface area is 105 Å². The molecule has 96 valence electrons. The summed E-state index contributed by atoms with van der Waals surface area (Å²) in [6, 6.07) is 6.18. The molecular formula is C15H25NO. The van der Waals surface area contributed by atoms with Crippen molar-refractivity contribution in [3.8, 4) is 5.75 Å².